The van der Waals surface area contributed by atoms with Crippen molar-refractivity contribution >= 4 is 12.0 Å². The Morgan fingerprint density at radius 2 is 1.94 bits per heavy atom. The molecule has 0 saturated carbocycles. The van der Waals surface area contributed by atoms with Crippen molar-refractivity contribution in [2.45, 2.75) is 13.2 Å². The average molecular weight is 428 g/mol. The van der Waals surface area contributed by atoms with Crippen molar-refractivity contribution in [1.82, 2.24) is 9.88 Å². The summed E-state index contributed by atoms with van der Waals surface area (Å²) in [6.07, 6.45) is 5.83. The molecule has 1 aromatic heterocycles. The van der Waals surface area contributed by atoms with Crippen LogP contribution in [0.15, 0.2) is 73.1 Å². The highest BCUT2D eigenvalue weighted by molar-refractivity contribution is 5.91. The molecule has 0 bridgehead atoms. The van der Waals surface area contributed by atoms with Crippen LogP contribution in [0, 0.1) is 5.82 Å². The van der Waals surface area contributed by atoms with Crippen molar-refractivity contribution in [2.75, 3.05) is 7.05 Å². The van der Waals surface area contributed by atoms with Crippen LogP contribution in [0.25, 0.3) is 6.08 Å². The Morgan fingerprint density at radius 1 is 1.13 bits per heavy atom. The highest BCUT2D eigenvalue weighted by Gasteiger charge is 2.10. The van der Waals surface area contributed by atoms with E-state index in [0.717, 1.165) is 0 Å². The Morgan fingerprint density at radius 3 is 2.65 bits per heavy atom. The lowest BCUT2D eigenvalue weighted by Crippen LogP contribution is -2.24. The second-order valence-corrected chi connectivity index (χ2v) is 6.53. The molecule has 0 atom stereocenters. The first-order valence-electron chi connectivity index (χ1n) is 9.25. The lowest BCUT2D eigenvalue weighted by atomic mass is 10.2. The number of likely N-dealkylation sites (N-methyl/N-ethyl adjacent to an activating group) is 1. The minimum absolute atomic E-state index is 0.0213. The monoisotopic (exact) mass is 428 g/mol. The van der Waals surface area contributed by atoms with Gasteiger partial charge in [0, 0.05) is 25.9 Å². The maximum Gasteiger partial charge on any atom is 0.387 e. The predicted octanol–water partition coefficient (Wildman–Crippen LogP) is 5.29. The molecule has 5 nitrogen and oxygen atoms in total. The van der Waals surface area contributed by atoms with Crippen LogP contribution in [-0.2, 0) is 11.3 Å². The van der Waals surface area contributed by atoms with E-state index in [9.17, 15) is 18.0 Å². The SMILES string of the molecule is CN(Cc1cccc(OC(F)F)c1)C(=O)/C=C/c1ccc(Oc2cccnc2)c(F)c1. The Bertz CT molecular complexity index is 1060. The van der Waals surface area contributed by atoms with Gasteiger partial charge in [-0.3, -0.25) is 9.78 Å². The molecular weight excluding hydrogens is 409 g/mol. The van der Waals surface area contributed by atoms with Gasteiger partial charge in [0.1, 0.15) is 11.5 Å². The van der Waals surface area contributed by atoms with Crippen LogP contribution in [0.2, 0.25) is 0 Å². The Kier molecular flexibility index (Phi) is 7.26. The lowest BCUT2D eigenvalue weighted by Gasteiger charge is -2.16. The minimum atomic E-state index is -2.92. The van der Waals surface area contributed by atoms with E-state index < -0.39 is 12.4 Å². The number of nitrogens with zero attached hydrogens (tertiary/aromatic N) is 2. The number of alkyl halides is 2. The zero-order valence-electron chi connectivity index (χ0n) is 16.5. The number of rotatable bonds is 8. The summed E-state index contributed by atoms with van der Waals surface area (Å²) in [6.45, 7) is -2.73. The Balaban J connectivity index is 1.60. The van der Waals surface area contributed by atoms with E-state index >= 15 is 0 Å². The second kappa shape index (κ2) is 10.3. The largest absolute Gasteiger partial charge is 0.453 e. The van der Waals surface area contributed by atoms with E-state index in [4.69, 9.17) is 4.74 Å². The van der Waals surface area contributed by atoms with Gasteiger partial charge in [-0.2, -0.15) is 8.78 Å². The normalized spacial score (nSPS) is 11.0. The molecular formula is C23H19F3N2O3. The number of hydrogen-bond acceptors (Lipinski definition) is 4. The first-order chi connectivity index (χ1) is 14.9. The molecule has 0 N–H and O–H groups in total. The molecule has 3 aromatic rings. The summed E-state index contributed by atoms with van der Waals surface area (Å²) in [6, 6.07) is 13.8. The molecule has 0 aliphatic rings. The first-order valence-corrected chi connectivity index (χ1v) is 9.25. The van der Waals surface area contributed by atoms with Crippen LogP contribution in [0.5, 0.6) is 17.2 Å². The van der Waals surface area contributed by atoms with Crippen LogP contribution < -0.4 is 9.47 Å². The van der Waals surface area contributed by atoms with E-state index in [2.05, 4.69) is 9.72 Å². The number of ether oxygens (including phenoxy) is 2. The molecule has 0 spiro atoms. The van der Waals surface area contributed by atoms with Gasteiger partial charge in [-0.15, -0.1) is 0 Å². The van der Waals surface area contributed by atoms with E-state index in [-0.39, 0.29) is 24.0 Å². The molecule has 160 valence electrons. The fraction of sp³-hybridized carbons (Fsp3) is 0.130. The summed E-state index contributed by atoms with van der Waals surface area (Å²) < 4.78 is 48.8. The third-order valence-electron chi connectivity index (χ3n) is 4.16. The molecule has 2 aromatic carbocycles. The van der Waals surface area contributed by atoms with Crippen molar-refractivity contribution in [3.05, 3.63) is 90.0 Å². The number of amides is 1. The van der Waals surface area contributed by atoms with Gasteiger partial charge in [0.15, 0.2) is 11.6 Å². The summed E-state index contributed by atoms with van der Waals surface area (Å²) in [7, 11) is 1.57. The molecule has 0 unspecified atom stereocenters. The molecule has 0 radical (unpaired) electrons. The van der Waals surface area contributed by atoms with Crippen molar-refractivity contribution in [3.8, 4) is 17.2 Å². The zero-order chi connectivity index (χ0) is 22.2. The fourth-order valence-corrected chi connectivity index (χ4v) is 2.70. The average Bonchev–Trinajstić information content (AvgIpc) is 2.74. The fourth-order valence-electron chi connectivity index (χ4n) is 2.70. The van der Waals surface area contributed by atoms with Crippen LogP contribution in [0.4, 0.5) is 13.2 Å². The molecule has 0 fully saturated rings. The van der Waals surface area contributed by atoms with Crippen LogP contribution in [-0.4, -0.2) is 29.5 Å². The van der Waals surface area contributed by atoms with Crippen LogP contribution in [0.3, 0.4) is 0 Å². The van der Waals surface area contributed by atoms with Gasteiger partial charge in [-0.1, -0.05) is 18.2 Å². The van der Waals surface area contributed by atoms with Gasteiger partial charge in [0.05, 0.1) is 6.20 Å². The van der Waals surface area contributed by atoms with Gasteiger partial charge in [0.25, 0.3) is 0 Å². The molecule has 3 rings (SSSR count). The second-order valence-electron chi connectivity index (χ2n) is 6.53. The van der Waals surface area contributed by atoms with Crippen molar-refractivity contribution < 1.29 is 27.4 Å². The Hall–Kier alpha value is -3.81. The maximum absolute atomic E-state index is 14.3. The van der Waals surface area contributed by atoms with Gasteiger partial charge < -0.3 is 14.4 Å². The summed E-state index contributed by atoms with van der Waals surface area (Å²) in [5.74, 6) is -0.448. The highest BCUT2D eigenvalue weighted by Crippen LogP contribution is 2.25. The van der Waals surface area contributed by atoms with Gasteiger partial charge in [0.2, 0.25) is 5.91 Å². The Labute approximate surface area is 177 Å². The third-order valence-corrected chi connectivity index (χ3v) is 4.16. The molecule has 31 heavy (non-hydrogen) atoms. The van der Waals surface area contributed by atoms with Gasteiger partial charge in [-0.05, 0) is 53.6 Å². The topological polar surface area (TPSA) is 51.7 Å². The van der Waals surface area contributed by atoms with Gasteiger partial charge >= 0.3 is 6.61 Å². The number of aromatic nitrogens is 1. The number of carbonyl (C=O) groups is 1. The van der Waals surface area contributed by atoms with Crippen molar-refractivity contribution in [2.24, 2.45) is 0 Å². The number of benzene rings is 2. The lowest BCUT2D eigenvalue weighted by molar-refractivity contribution is -0.125. The summed E-state index contributed by atoms with van der Waals surface area (Å²) in [4.78, 5) is 17.6. The standard InChI is InChI=1S/C23H19F3N2O3/c1-28(15-17-4-2-5-18(12-17)31-23(25)26)22(29)10-8-16-7-9-21(20(24)13-16)30-19-6-3-11-27-14-19/h2-14,23H,15H2,1H3/b10-8+. The zero-order valence-corrected chi connectivity index (χ0v) is 16.5. The van der Waals surface area contributed by atoms with E-state index in [1.165, 1.54) is 47.5 Å². The quantitative estimate of drug-likeness (QED) is 0.458. The maximum atomic E-state index is 14.3. The van der Waals surface area contributed by atoms with E-state index in [0.29, 0.717) is 16.9 Å². The minimum Gasteiger partial charge on any atom is -0.453 e. The van der Waals surface area contributed by atoms with E-state index in [1.54, 1.807) is 43.6 Å². The van der Waals surface area contributed by atoms with Crippen molar-refractivity contribution in [3.63, 3.8) is 0 Å². The van der Waals surface area contributed by atoms with E-state index in [1.807, 2.05) is 0 Å². The first kappa shape index (κ1) is 21.9. The highest BCUT2D eigenvalue weighted by atomic mass is 19.3. The molecule has 1 amide bonds. The molecule has 8 heteroatoms. The third kappa shape index (κ3) is 6.60. The molecule has 0 aliphatic carbocycles. The van der Waals surface area contributed by atoms with Crippen molar-refractivity contribution in [1.29, 1.82) is 0 Å². The summed E-state index contributed by atoms with van der Waals surface area (Å²) in [5.41, 5.74) is 1.11. The summed E-state index contributed by atoms with van der Waals surface area (Å²) in [5, 5.41) is 0. The predicted molar refractivity (Wildman–Crippen MR) is 109 cm³/mol. The van der Waals surface area contributed by atoms with Gasteiger partial charge in [-0.25, -0.2) is 4.39 Å². The smallest absolute Gasteiger partial charge is 0.387 e. The van der Waals surface area contributed by atoms with Crippen LogP contribution in [0.1, 0.15) is 11.1 Å². The number of pyridine rings is 1. The molecule has 0 saturated heterocycles. The molecule has 1 heterocycles. The number of halogens is 3. The number of carbonyl (C=O) groups excluding carboxylic acids is 1. The summed E-state index contributed by atoms with van der Waals surface area (Å²) >= 11 is 0. The van der Waals surface area contributed by atoms with Crippen LogP contribution >= 0.6 is 0 Å². The number of hydrogen-bond donors (Lipinski definition) is 0. The molecule has 0 aliphatic heterocycles.